The summed E-state index contributed by atoms with van der Waals surface area (Å²) < 4.78 is 6.96. The first-order valence-electron chi connectivity index (χ1n) is 5.19. The Labute approximate surface area is 113 Å². The molecule has 0 spiro atoms. The van der Waals surface area contributed by atoms with Crippen LogP contribution in [0.15, 0.2) is 34.9 Å². The number of ether oxygens (including phenoxy) is 1. The van der Waals surface area contributed by atoms with Crippen molar-refractivity contribution < 1.29 is 4.74 Å². The predicted molar refractivity (Wildman–Crippen MR) is 73.7 cm³/mol. The molecule has 0 aliphatic carbocycles. The van der Waals surface area contributed by atoms with E-state index < -0.39 is 0 Å². The van der Waals surface area contributed by atoms with Crippen molar-refractivity contribution in [1.29, 1.82) is 0 Å². The van der Waals surface area contributed by atoms with Gasteiger partial charge in [0.25, 0.3) is 0 Å². The van der Waals surface area contributed by atoms with E-state index in [1.165, 1.54) is 0 Å². The van der Waals surface area contributed by atoms with Crippen LogP contribution in [0, 0.1) is 4.64 Å². The van der Waals surface area contributed by atoms with Gasteiger partial charge in [-0.05, 0) is 35.0 Å². The summed E-state index contributed by atoms with van der Waals surface area (Å²) in [4.78, 5) is 7.37. The first-order chi connectivity index (χ1) is 8.22. The standard InChI is InChI=1S/C12H11BrN2OS/c1-2-16-10-6-4-3-5-8(10)11-14-7-9(13)12(17)15-11/h3-7H,2H2,1H3,(H,14,15,17). The van der Waals surface area contributed by atoms with E-state index in [-0.39, 0.29) is 0 Å². The Kier molecular flexibility index (Phi) is 3.91. The molecular formula is C12H11BrN2OS. The molecule has 1 N–H and O–H groups in total. The molecule has 5 heteroatoms. The molecule has 17 heavy (non-hydrogen) atoms. The second kappa shape index (κ2) is 5.42. The van der Waals surface area contributed by atoms with Gasteiger partial charge in [-0.25, -0.2) is 4.98 Å². The highest BCUT2D eigenvalue weighted by Gasteiger charge is 2.07. The molecule has 2 rings (SSSR count). The molecule has 2 aromatic rings. The maximum Gasteiger partial charge on any atom is 0.142 e. The van der Waals surface area contributed by atoms with Gasteiger partial charge >= 0.3 is 0 Å². The van der Waals surface area contributed by atoms with Crippen LogP contribution < -0.4 is 4.74 Å². The third-order valence-electron chi connectivity index (χ3n) is 2.20. The molecule has 1 aromatic heterocycles. The summed E-state index contributed by atoms with van der Waals surface area (Å²) in [5.74, 6) is 1.51. The Morgan fingerprint density at radius 1 is 1.41 bits per heavy atom. The lowest BCUT2D eigenvalue weighted by Crippen LogP contribution is -1.96. The molecule has 1 aromatic carbocycles. The van der Waals surface area contributed by atoms with Crippen LogP contribution in [0.1, 0.15) is 6.92 Å². The van der Waals surface area contributed by atoms with Crippen LogP contribution in [-0.2, 0) is 0 Å². The van der Waals surface area contributed by atoms with Crippen LogP contribution in [-0.4, -0.2) is 16.6 Å². The van der Waals surface area contributed by atoms with E-state index in [0.29, 0.717) is 17.1 Å². The number of nitrogens with zero attached hydrogens (tertiary/aromatic N) is 1. The van der Waals surface area contributed by atoms with Crippen molar-refractivity contribution in [2.45, 2.75) is 6.92 Å². The lowest BCUT2D eigenvalue weighted by Gasteiger charge is -2.09. The van der Waals surface area contributed by atoms with Crippen molar-refractivity contribution in [3.8, 4) is 17.1 Å². The summed E-state index contributed by atoms with van der Waals surface area (Å²) in [6, 6.07) is 7.74. The largest absolute Gasteiger partial charge is 0.493 e. The molecule has 3 nitrogen and oxygen atoms in total. The molecule has 0 radical (unpaired) electrons. The monoisotopic (exact) mass is 310 g/mol. The highest BCUT2D eigenvalue weighted by atomic mass is 79.9. The van der Waals surface area contributed by atoms with Crippen LogP contribution in [0.2, 0.25) is 0 Å². The summed E-state index contributed by atoms with van der Waals surface area (Å²) in [5.41, 5.74) is 0.910. The molecule has 0 atom stereocenters. The first kappa shape index (κ1) is 12.3. The van der Waals surface area contributed by atoms with Gasteiger partial charge in [-0.2, -0.15) is 0 Å². The number of para-hydroxylation sites is 1. The van der Waals surface area contributed by atoms with Gasteiger partial charge in [0.15, 0.2) is 0 Å². The quantitative estimate of drug-likeness (QED) is 0.872. The summed E-state index contributed by atoms with van der Waals surface area (Å²) >= 11 is 8.49. The van der Waals surface area contributed by atoms with E-state index in [4.69, 9.17) is 17.0 Å². The number of benzene rings is 1. The van der Waals surface area contributed by atoms with Crippen LogP contribution in [0.3, 0.4) is 0 Å². The van der Waals surface area contributed by atoms with Gasteiger partial charge in [0.05, 0.1) is 16.6 Å². The molecule has 0 amide bonds. The Hall–Kier alpha value is -1.20. The Morgan fingerprint density at radius 3 is 2.88 bits per heavy atom. The number of aromatic nitrogens is 2. The Morgan fingerprint density at radius 2 is 2.18 bits per heavy atom. The number of rotatable bonds is 3. The maximum absolute atomic E-state index is 5.56. The molecular weight excluding hydrogens is 300 g/mol. The number of nitrogens with one attached hydrogen (secondary N) is 1. The average Bonchev–Trinajstić information content (AvgIpc) is 2.34. The van der Waals surface area contributed by atoms with E-state index in [0.717, 1.165) is 15.8 Å². The number of hydrogen-bond donors (Lipinski definition) is 1. The van der Waals surface area contributed by atoms with Crippen molar-refractivity contribution in [2.75, 3.05) is 6.61 Å². The van der Waals surface area contributed by atoms with Gasteiger partial charge < -0.3 is 9.72 Å². The van der Waals surface area contributed by atoms with Crippen molar-refractivity contribution in [3.63, 3.8) is 0 Å². The van der Waals surface area contributed by atoms with E-state index in [2.05, 4.69) is 25.9 Å². The second-order valence-corrected chi connectivity index (χ2v) is 4.60. The van der Waals surface area contributed by atoms with Crippen molar-refractivity contribution >= 4 is 28.1 Å². The molecule has 0 fully saturated rings. The first-order valence-corrected chi connectivity index (χ1v) is 6.39. The molecule has 88 valence electrons. The molecule has 0 aliphatic rings. The summed E-state index contributed by atoms with van der Waals surface area (Å²) in [5, 5.41) is 0. The molecule has 0 saturated heterocycles. The molecule has 1 heterocycles. The lowest BCUT2D eigenvalue weighted by atomic mass is 10.2. The predicted octanol–water partition coefficient (Wildman–Crippen LogP) is 3.97. The van der Waals surface area contributed by atoms with Crippen LogP contribution in [0.5, 0.6) is 5.75 Å². The number of H-pyrrole nitrogens is 1. The van der Waals surface area contributed by atoms with Gasteiger partial charge in [0, 0.05) is 6.20 Å². The minimum atomic E-state index is 0.619. The van der Waals surface area contributed by atoms with E-state index in [1.807, 2.05) is 31.2 Å². The van der Waals surface area contributed by atoms with Gasteiger partial charge in [-0.1, -0.05) is 24.4 Å². The van der Waals surface area contributed by atoms with Crippen molar-refractivity contribution in [1.82, 2.24) is 9.97 Å². The van der Waals surface area contributed by atoms with Crippen LogP contribution in [0.4, 0.5) is 0 Å². The van der Waals surface area contributed by atoms with Gasteiger partial charge in [-0.15, -0.1) is 0 Å². The number of hydrogen-bond acceptors (Lipinski definition) is 3. The third-order valence-corrected chi connectivity index (χ3v) is 3.38. The summed E-state index contributed by atoms with van der Waals surface area (Å²) in [6.07, 6.45) is 1.69. The molecule has 0 unspecified atom stereocenters. The third kappa shape index (κ3) is 2.73. The molecule has 0 bridgehead atoms. The summed E-state index contributed by atoms with van der Waals surface area (Å²) in [6.45, 7) is 2.57. The topological polar surface area (TPSA) is 37.9 Å². The SMILES string of the molecule is CCOc1ccccc1-c1ncc(Br)c(=S)[nH]1. The highest BCUT2D eigenvalue weighted by molar-refractivity contribution is 9.10. The van der Waals surface area contributed by atoms with Gasteiger partial charge in [0.1, 0.15) is 16.2 Å². The zero-order valence-corrected chi connectivity index (χ0v) is 11.6. The zero-order chi connectivity index (χ0) is 12.3. The fourth-order valence-electron chi connectivity index (χ4n) is 1.46. The Balaban J connectivity index is 2.52. The summed E-state index contributed by atoms with van der Waals surface area (Å²) in [7, 11) is 0. The van der Waals surface area contributed by atoms with E-state index >= 15 is 0 Å². The van der Waals surface area contributed by atoms with Gasteiger partial charge in [-0.3, -0.25) is 0 Å². The van der Waals surface area contributed by atoms with Crippen molar-refractivity contribution in [2.24, 2.45) is 0 Å². The lowest BCUT2D eigenvalue weighted by molar-refractivity contribution is 0.341. The Bertz CT molecular complexity index is 583. The minimum absolute atomic E-state index is 0.619. The normalized spacial score (nSPS) is 10.2. The molecule has 0 aliphatic heterocycles. The fraction of sp³-hybridized carbons (Fsp3) is 0.167. The smallest absolute Gasteiger partial charge is 0.142 e. The maximum atomic E-state index is 5.56. The molecule has 0 saturated carbocycles. The van der Waals surface area contributed by atoms with E-state index in [9.17, 15) is 0 Å². The highest BCUT2D eigenvalue weighted by Crippen LogP contribution is 2.27. The van der Waals surface area contributed by atoms with Crippen LogP contribution in [0.25, 0.3) is 11.4 Å². The zero-order valence-electron chi connectivity index (χ0n) is 9.24. The van der Waals surface area contributed by atoms with E-state index in [1.54, 1.807) is 6.20 Å². The average molecular weight is 311 g/mol. The second-order valence-electron chi connectivity index (χ2n) is 3.34. The van der Waals surface area contributed by atoms with Gasteiger partial charge in [0.2, 0.25) is 0 Å². The number of aromatic amines is 1. The van der Waals surface area contributed by atoms with Crippen LogP contribution >= 0.6 is 28.1 Å². The van der Waals surface area contributed by atoms with Crippen molar-refractivity contribution in [3.05, 3.63) is 39.6 Å². The number of halogens is 1. The minimum Gasteiger partial charge on any atom is -0.493 e. The fourth-order valence-corrected chi connectivity index (χ4v) is 1.81.